The van der Waals surface area contributed by atoms with Gasteiger partial charge in [0.1, 0.15) is 23.9 Å². The number of hydrogen-bond acceptors (Lipinski definition) is 21. The van der Waals surface area contributed by atoms with E-state index in [9.17, 15) is 38.1 Å². The summed E-state index contributed by atoms with van der Waals surface area (Å²) in [4.78, 5) is 91.3. The highest BCUT2D eigenvalue weighted by molar-refractivity contribution is 8.00. The van der Waals surface area contributed by atoms with Gasteiger partial charge in [0.25, 0.3) is 5.91 Å². The van der Waals surface area contributed by atoms with E-state index in [-0.39, 0.29) is 17.8 Å². The number of carbonyl (C=O) groups is 6. The van der Waals surface area contributed by atoms with E-state index in [2.05, 4.69) is 10.3 Å². The van der Waals surface area contributed by atoms with Crippen molar-refractivity contribution in [2.45, 2.75) is 87.7 Å². The van der Waals surface area contributed by atoms with Gasteiger partial charge in [-0.05, 0) is 30.3 Å². The van der Waals surface area contributed by atoms with E-state index in [0.29, 0.717) is 5.56 Å². The molecule has 360 valence electrons. The standard InChI is InChI=1S/C42H46FN4O18PS/c1-24(48)57-22-30-34(61-25(2)49)36(62-26(3)50)37(63-27(4)51)41(64-30)56-20-21-59-66(55,58-19-11-17-44)60-23-31-35(65-40(53)29-14-9-6-10-15-29)33(43)39(67-31)47-18-16-32(46-42(47)54)45-38(52)28-12-7-5-8-13-28/h5-10,12-16,18,30-31,33-37,39,41H,11,19-23H2,1-4H3,(H,45,46,52,54)/t30-,31-,33+,34-,35-,36+,37?,39?,41-,66?/m1/s1. The first-order valence-electron chi connectivity index (χ1n) is 20.3. The van der Waals surface area contributed by atoms with E-state index in [1.165, 1.54) is 24.4 Å². The summed E-state index contributed by atoms with van der Waals surface area (Å²) in [5.74, 6) is -4.95. The first-order chi connectivity index (χ1) is 32.0. The molecule has 2 saturated heterocycles. The molecule has 0 radical (unpaired) electrons. The fraction of sp³-hybridized carbons (Fsp3) is 0.452. The van der Waals surface area contributed by atoms with E-state index >= 15 is 4.39 Å². The third kappa shape index (κ3) is 15.0. The highest BCUT2D eigenvalue weighted by atomic mass is 32.2. The minimum atomic E-state index is -4.72. The predicted molar refractivity (Wildman–Crippen MR) is 227 cm³/mol. The SMILES string of the molecule is CC(=O)OC[C@H]1O[C@@H](OCCOP(=O)(OCCC#N)OC[C@H]2SC(n3ccc(NC(=O)c4ccccc4)nc3=O)[C@@H](F)[C@@H]2OC(=O)c2ccccc2)C(OC(C)=O)[C@@H](OC(C)=O)[C@@H]1OC(C)=O. The van der Waals surface area contributed by atoms with Crippen LogP contribution >= 0.6 is 19.6 Å². The maximum Gasteiger partial charge on any atom is 0.474 e. The number of rotatable bonds is 21. The number of esters is 5. The average Bonchev–Trinajstić information content (AvgIpc) is 3.59. The van der Waals surface area contributed by atoms with Crippen molar-refractivity contribution in [3.63, 3.8) is 0 Å². The van der Waals surface area contributed by atoms with Crippen molar-refractivity contribution in [3.8, 4) is 6.07 Å². The quantitative estimate of drug-likeness (QED) is 0.0686. The van der Waals surface area contributed by atoms with E-state index in [1.807, 2.05) is 6.07 Å². The van der Waals surface area contributed by atoms with Gasteiger partial charge in [0.2, 0.25) is 0 Å². The Hall–Kier alpha value is -6.06. The number of amides is 1. The number of thioether (sulfide) groups is 1. The van der Waals surface area contributed by atoms with Crippen molar-refractivity contribution < 1.29 is 84.5 Å². The Balaban J connectivity index is 1.33. The van der Waals surface area contributed by atoms with Crippen LogP contribution in [0.1, 0.15) is 60.2 Å². The van der Waals surface area contributed by atoms with E-state index in [1.54, 1.807) is 48.5 Å². The summed E-state index contributed by atoms with van der Waals surface area (Å²) in [5, 5.41) is 9.07. The number of nitriles is 1. The summed E-state index contributed by atoms with van der Waals surface area (Å²) in [6.45, 7) is 1.35. The van der Waals surface area contributed by atoms with Crippen LogP contribution in [0.5, 0.6) is 0 Å². The maximum atomic E-state index is 16.6. The lowest BCUT2D eigenvalue weighted by atomic mass is 9.98. The molecule has 67 heavy (non-hydrogen) atoms. The number of alkyl halides is 1. The molecule has 5 rings (SSSR count). The minimum absolute atomic E-state index is 0.0747. The summed E-state index contributed by atoms with van der Waals surface area (Å²) in [6, 6.07) is 18.9. The van der Waals surface area contributed by atoms with Gasteiger partial charge < -0.3 is 38.5 Å². The van der Waals surface area contributed by atoms with Crippen LogP contribution < -0.4 is 11.0 Å². The molecule has 3 aromatic rings. The van der Waals surface area contributed by atoms with Crippen LogP contribution in [0, 0.1) is 11.3 Å². The molecule has 2 fully saturated rings. The van der Waals surface area contributed by atoms with Gasteiger partial charge in [0.05, 0.1) is 49.7 Å². The second-order valence-electron chi connectivity index (χ2n) is 14.3. The van der Waals surface area contributed by atoms with E-state index in [0.717, 1.165) is 44.0 Å². The smallest absolute Gasteiger partial charge is 0.463 e. The Morgan fingerprint density at radius 2 is 1.39 bits per heavy atom. The molecule has 2 aliphatic heterocycles. The van der Waals surface area contributed by atoms with Gasteiger partial charge in [-0.25, -0.2) is 18.5 Å². The number of nitrogens with one attached hydrogen (secondary N) is 1. The van der Waals surface area contributed by atoms with Gasteiger partial charge in [0, 0.05) is 39.5 Å². The molecule has 2 aromatic carbocycles. The van der Waals surface area contributed by atoms with Crippen molar-refractivity contribution in [2.24, 2.45) is 0 Å². The van der Waals surface area contributed by atoms with E-state index in [4.69, 9.17) is 52.0 Å². The molecular weight excluding hydrogens is 931 g/mol. The lowest BCUT2D eigenvalue weighted by Gasteiger charge is -2.44. The highest BCUT2D eigenvalue weighted by Crippen LogP contribution is 2.52. The Morgan fingerprint density at radius 1 is 0.776 bits per heavy atom. The number of phosphoric ester groups is 1. The molecule has 1 amide bonds. The maximum absolute atomic E-state index is 16.6. The van der Waals surface area contributed by atoms with Crippen LogP contribution in [0.3, 0.4) is 0 Å². The van der Waals surface area contributed by atoms with Crippen molar-refractivity contribution >= 4 is 61.2 Å². The first-order valence-corrected chi connectivity index (χ1v) is 22.7. The number of carbonyl (C=O) groups excluding carboxylic acids is 6. The van der Waals surface area contributed by atoms with Crippen LogP contribution in [0.2, 0.25) is 0 Å². The molecule has 25 heteroatoms. The number of ether oxygens (including phenoxy) is 7. The zero-order valence-corrected chi connectivity index (χ0v) is 38.0. The van der Waals surface area contributed by atoms with Crippen molar-refractivity contribution in [1.29, 1.82) is 5.26 Å². The largest absolute Gasteiger partial charge is 0.474 e. The molecule has 0 bridgehead atoms. The van der Waals surface area contributed by atoms with Gasteiger partial charge in [-0.15, -0.1) is 11.8 Å². The Labute approximate surface area is 386 Å². The summed E-state index contributed by atoms with van der Waals surface area (Å²) >= 11 is 0.776. The molecule has 1 aromatic heterocycles. The van der Waals surface area contributed by atoms with Crippen LogP contribution in [0.15, 0.2) is 77.7 Å². The van der Waals surface area contributed by atoms with E-state index < -0.39 is 136 Å². The van der Waals surface area contributed by atoms with Crippen molar-refractivity contribution in [1.82, 2.24) is 9.55 Å². The number of phosphoric acid groups is 1. The minimum Gasteiger partial charge on any atom is -0.463 e. The summed E-state index contributed by atoms with van der Waals surface area (Å²) < 4.78 is 86.6. The molecule has 1 N–H and O–H groups in total. The Morgan fingerprint density at radius 3 is 2.00 bits per heavy atom. The summed E-state index contributed by atoms with van der Waals surface area (Å²) in [5.41, 5.74) is -0.598. The van der Waals surface area contributed by atoms with Crippen LogP contribution in [-0.2, 0) is 70.5 Å². The molecule has 2 aliphatic rings. The lowest BCUT2D eigenvalue weighted by Crippen LogP contribution is -2.63. The summed E-state index contributed by atoms with van der Waals surface area (Å²) in [7, 11) is -4.72. The predicted octanol–water partition coefficient (Wildman–Crippen LogP) is 3.84. The van der Waals surface area contributed by atoms with Gasteiger partial charge in [0.15, 0.2) is 36.9 Å². The number of benzene rings is 2. The number of halogens is 1. The third-order valence-electron chi connectivity index (χ3n) is 9.32. The number of nitrogens with zero attached hydrogens (tertiary/aromatic N) is 3. The zero-order chi connectivity index (χ0) is 48.7. The number of hydrogen-bond donors (Lipinski definition) is 1. The average molecular weight is 977 g/mol. The highest BCUT2D eigenvalue weighted by Gasteiger charge is 2.53. The number of anilines is 1. The fourth-order valence-corrected chi connectivity index (χ4v) is 9.27. The summed E-state index contributed by atoms with van der Waals surface area (Å²) in [6.07, 6.45) is -10.4. The molecule has 0 saturated carbocycles. The Kier molecular flexibility index (Phi) is 19.1. The van der Waals surface area contributed by atoms with Gasteiger partial charge in [-0.1, -0.05) is 36.4 Å². The third-order valence-corrected chi connectivity index (χ3v) is 12.3. The first kappa shape index (κ1) is 51.9. The molecule has 0 spiro atoms. The normalized spacial score (nSPS) is 24.2. The van der Waals surface area contributed by atoms with Gasteiger partial charge in [-0.2, -0.15) is 10.2 Å². The van der Waals surface area contributed by atoms with Crippen LogP contribution in [0.25, 0.3) is 0 Å². The van der Waals surface area contributed by atoms with Gasteiger partial charge >= 0.3 is 43.4 Å². The second kappa shape index (κ2) is 24.6. The Bertz CT molecular complexity index is 2370. The lowest BCUT2D eigenvalue weighted by molar-refractivity contribution is -0.308. The van der Waals surface area contributed by atoms with Crippen molar-refractivity contribution in [2.75, 3.05) is 38.4 Å². The monoisotopic (exact) mass is 976 g/mol. The van der Waals surface area contributed by atoms with Crippen molar-refractivity contribution in [3.05, 3.63) is 94.5 Å². The molecule has 3 heterocycles. The molecule has 3 unspecified atom stereocenters. The van der Waals surface area contributed by atoms with Crippen LogP contribution in [0.4, 0.5) is 10.2 Å². The zero-order valence-electron chi connectivity index (χ0n) is 36.3. The van der Waals surface area contributed by atoms with Gasteiger partial charge in [-0.3, -0.25) is 42.1 Å². The fourth-order valence-electron chi connectivity index (χ4n) is 6.53. The molecule has 22 nitrogen and oxygen atoms in total. The molecular formula is C42H46FN4O18PS. The topological polar surface area (TPSA) is 282 Å². The van der Waals surface area contributed by atoms with Crippen LogP contribution in [-0.4, -0.2) is 127 Å². The molecule has 0 aliphatic carbocycles. The number of aromatic nitrogens is 2. The molecule has 10 atom stereocenters. The second-order valence-corrected chi connectivity index (χ2v) is 17.4.